The third kappa shape index (κ3) is 2.03. The third-order valence-electron chi connectivity index (χ3n) is 2.27. The van der Waals surface area contributed by atoms with Crippen molar-refractivity contribution in [3.8, 4) is 11.5 Å². The smallest absolute Gasteiger partial charge is 0.377 e. The number of hydrogen-bond acceptors (Lipinski definition) is 6. The summed E-state index contributed by atoms with van der Waals surface area (Å²) in [5.41, 5.74) is 0.691. The molecule has 0 saturated heterocycles. The monoisotopic (exact) mass is 249 g/mol. The molecule has 0 atom stereocenters. The molecular formula is C10H7N3O5. The average molecular weight is 249 g/mol. The lowest BCUT2D eigenvalue weighted by Gasteiger charge is -1.98. The number of nitro benzene ring substituents is 1. The Labute approximate surface area is 100 Å². The number of carboxylic acid groups (broad SMARTS) is 1. The van der Waals surface area contributed by atoms with Crippen LogP contribution in [0.3, 0.4) is 0 Å². The van der Waals surface area contributed by atoms with Crippen molar-refractivity contribution >= 4 is 11.7 Å². The van der Waals surface area contributed by atoms with Crippen LogP contribution in [0.15, 0.2) is 22.7 Å². The highest BCUT2D eigenvalue weighted by Gasteiger charge is 2.17. The van der Waals surface area contributed by atoms with Crippen LogP contribution in [0.1, 0.15) is 16.2 Å². The number of nitro groups is 1. The van der Waals surface area contributed by atoms with E-state index in [-0.39, 0.29) is 11.6 Å². The van der Waals surface area contributed by atoms with Crippen molar-refractivity contribution in [1.82, 2.24) is 10.1 Å². The van der Waals surface area contributed by atoms with Gasteiger partial charge in [0, 0.05) is 17.2 Å². The standard InChI is InChI=1S/C10H7N3O5/c1-5-2-3-6(4-7(5)13(16)17)9-11-8(10(14)15)12-18-9/h2-4H,1H3,(H,14,15). The van der Waals surface area contributed by atoms with Crippen LogP contribution in [0.4, 0.5) is 5.69 Å². The molecule has 0 amide bonds. The maximum atomic E-state index is 10.8. The largest absolute Gasteiger partial charge is 0.475 e. The lowest BCUT2D eigenvalue weighted by atomic mass is 10.1. The van der Waals surface area contributed by atoms with Gasteiger partial charge in [0.15, 0.2) is 0 Å². The molecule has 0 unspecified atom stereocenters. The van der Waals surface area contributed by atoms with E-state index in [2.05, 4.69) is 10.1 Å². The summed E-state index contributed by atoms with van der Waals surface area (Å²) in [6.45, 7) is 1.60. The summed E-state index contributed by atoms with van der Waals surface area (Å²) in [7, 11) is 0. The normalized spacial score (nSPS) is 10.3. The molecule has 8 nitrogen and oxygen atoms in total. The highest BCUT2D eigenvalue weighted by atomic mass is 16.6. The van der Waals surface area contributed by atoms with Crippen LogP contribution in [0.5, 0.6) is 0 Å². The molecule has 0 spiro atoms. The van der Waals surface area contributed by atoms with Gasteiger partial charge in [-0.05, 0) is 18.1 Å². The average Bonchev–Trinajstić information content (AvgIpc) is 2.78. The Morgan fingerprint density at radius 2 is 2.22 bits per heavy atom. The summed E-state index contributed by atoms with van der Waals surface area (Å²) in [5, 5.41) is 22.6. The first-order valence-corrected chi connectivity index (χ1v) is 4.81. The zero-order valence-electron chi connectivity index (χ0n) is 9.15. The summed E-state index contributed by atoms with van der Waals surface area (Å²) >= 11 is 0. The summed E-state index contributed by atoms with van der Waals surface area (Å²) in [5.74, 6) is -1.89. The van der Waals surface area contributed by atoms with Crippen LogP contribution in [-0.2, 0) is 0 Å². The zero-order chi connectivity index (χ0) is 13.3. The number of hydrogen-bond donors (Lipinski definition) is 1. The molecule has 8 heteroatoms. The van der Waals surface area contributed by atoms with Crippen LogP contribution in [0, 0.1) is 17.0 Å². The summed E-state index contributed by atoms with van der Waals surface area (Å²) < 4.78 is 4.72. The van der Waals surface area contributed by atoms with Crippen molar-refractivity contribution in [3.63, 3.8) is 0 Å². The Morgan fingerprint density at radius 1 is 1.50 bits per heavy atom. The molecule has 0 aliphatic rings. The van der Waals surface area contributed by atoms with Crippen molar-refractivity contribution in [3.05, 3.63) is 39.7 Å². The van der Waals surface area contributed by atoms with Crippen molar-refractivity contribution in [2.45, 2.75) is 6.92 Å². The molecule has 2 aromatic rings. The van der Waals surface area contributed by atoms with Crippen LogP contribution in [0.2, 0.25) is 0 Å². The predicted molar refractivity (Wildman–Crippen MR) is 58.1 cm³/mol. The van der Waals surface area contributed by atoms with Gasteiger partial charge in [0.1, 0.15) is 0 Å². The number of carboxylic acids is 1. The Bertz CT molecular complexity index is 634. The zero-order valence-corrected chi connectivity index (χ0v) is 9.15. The fraction of sp³-hybridized carbons (Fsp3) is 0.100. The number of aryl methyl sites for hydroxylation is 1. The summed E-state index contributed by atoms with van der Waals surface area (Å²) in [4.78, 5) is 24.4. The molecule has 1 heterocycles. The van der Waals surface area contributed by atoms with Gasteiger partial charge in [0.05, 0.1) is 4.92 Å². The number of rotatable bonds is 3. The molecule has 92 valence electrons. The highest BCUT2D eigenvalue weighted by Crippen LogP contribution is 2.25. The second-order valence-electron chi connectivity index (χ2n) is 3.49. The Kier molecular flexibility index (Phi) is 2.76. The van der Waals surface area contributed by atoms with E-state index in [1.54, 1.807) is 13.0 Å². The quantitative estimate of drug-likeness (QED) is 0.648. The highest BCUT2D eigenvalue weighted by molar-refractivity contribution is 5.83. The summed E-state index contributed by atoms with van der Waals surface area (Å²) in [6, 6.07) is 4.33. The van der Waals surface area contributed by atoms with Gasteiger partial charge in [-0.15, -0.1) is 0 Å². The van der Waals surface area contributed by atoms with Crippen LogP contribution in [0.25, 0.3) is 11.5 Å². The molecule has 1 aromatic carbocycles. The van der Waals surface area contributed by atoms with Gasteiger partial charge in [0.25, 0.3) is 17.4 Å². The fourth-order valence-electron chi connectivity index (χ4n) is 1.37. The molecule has 18 heavy (non-hydrogen) atoms. The van der Waals surface area contributed by atoms with Gasteiger partial charge < -0.3 is 9.63 Å². The molecule has 0 aliphatic carbocycles. The van der Waals surface area contributed by atoms with Crippen molar-refractivity contribution in [1.29, 1.82) is 0 Å². The maximum Gasteiger partial charge on any atom is 0.377 e. The number of nitrogens with zero attached hydrogens (tertiary/aromatic N) is 3. The Balaban J connectivity index is 2.47. The minimum absolute atomic E-state index is 0.0736. The molecule has 1 aromatic heterocycles. The lowest BCUT2D eigenvalue weighted by molar-refractivity contribution is -0.385. The molecule has 0 bridgehead atoms. The van der Waals surface area contributed by atoms with Gasteiger partial charge in [-0.25, -0.2) is 4.79 Å². The molecule has 0 aliphatic heterocycles. The first-order chi connectivity index (χ1) is 8.49. The van der Waals surface area contributed by atoms with Gasteiger partial charge in [-0.3, -0.25) is 10.1 Å². The van der Waals surface area contributed by atoms with Crippen molar-refractivity contribution < 1.29 is 19.3 Å². The van der Waals surface area contributed by atoms with E-state index in [9.17, 15) is 14.9 Å². The molecule has 0 saturated carbocycles. The van der Waals surface area contributed by atoms with Crippen LogP contribution < -0.4 is 0 Å². The molecule has 0 fully saturated rings. The first-order valence-electron chi connectivity index (χ1n) is 4.81. The first kappa shape index (κ1) is 11.7. The molecular weight excluding hydrogens is 242 g/mol. The van der Waals surface area contributed by atoms with Crippen LogP contribution >= 0.6 is 0 Å². The van der Waals surface area contributed by atoms with E-state index >= 15 is 0 Å². The van der Waals surface area contributed by atoms with Crippen molar-refractivity contribution in [2.24, 2.45) is 0 Å². The van der Waals surface area contributed by atoms with E-state index in [0.717, 1.165) is 0 Å². The van der Waals surface area contributed by atoms with Gasteiger partial charge in [-0.2, -0.15) is 4.98 Å². The van der Waals surface area contributed by atoms with E-state index in [1.807, 2.05) is 0 Å². The van der Waals surface area contributed by atoms with Gasteiger partial charge >= 0.3 is 5.97 Å². The number of aromatic carboxylic acids is 1. The topological polar surface area (TPSA) is 119 Å². The van der Waals surface area contributed by atoms with E-state index in [4.69, 9.17) is 9.63 Å². The SMILES string of the molecule is Cc1ccc(-c2nc(C(=O)O)no2)cc1[N+](=O)[O-]. The van der Waals surface area contributed by atoms with Gasteiger partial charge in [0.2, 0.25) is 0 Å². The minimum atomic E-state index is -1.33. The van der Waals surface area contributed by atoms with Gasteiger partial charge in [-0.1, -0.05) is 6.07 Å². The maximum absolute atomic E-state index is 10.8. The fourth-order valence-corrected chi connectivity index (χ4v) is 1.37. The third-order valence-corrected chi connectivity index (χ3v) is 2.27. The van der Waals surface area contributed by atoms with Crippen molar-refractivity contribution in [2.75, 3.05) is 0 Å². The van der Waals surface area contributed by atoms with E-state index < -0.39 is 16.7 Å². The molecule has 2 rings (SSSR count). The van der Waals surface area contributed by atoms with E-state index in [1.165, 1.54) is 12.1 Å². The second kappa shape index (κ2) is 4.24. The second-order valence-corrected chi connectivity index (χ2v) is 3.49. The minimum Gasteiger partial charge on any atom is -0.475 e. The molecule has 1 N–H and O–H groups in total. The number of aromatic nitrogens is 2. The predicted octanol–water partition coefficient (Wildman–Crippen LogP) is 1.65. The lowest BCUT2D eigenvalue weighted by Crippen LogP contribution is -1.98. The Hall–Kier alpha value is -2.77. The number of carbonyl (C=O) groups is 1. The van der Waals surface area contributed by atoms with E-state index in [0.29, 0.717) is 11.1 Å². The number of benzene rings is 1. The Morgan fingerprint density at radius 3 is 2.78 bits per heavy atom. The molecule has 0 radical (unpaired) electrons. The summed E-state index contributed by atoms with van der Waals surface area (Å²) in [6.07, 6.45) is 0. The van der Waals surface area contributed by atoms with Crippen LogP contribution in [-0.4, -0.2) is 26.1 Å².